The van der Waals surface area contributed by atoms with Crippen molar-refractivity contribution in [1.82, 2.24) is 14.2 Å². The van der Waals surface area contributed by atoms with E-state index in [4.69, 9.17) is 0 Å². The summed E-state index contributed by atoms with van der Waals surface area (Å²) in [5, 5.41) is 11.1. The number of hydrogen-bond donors (Lipinski definition) is 1. The molecule has 1 aliphatic heterocycles. The van der Waals surface area contributed by atoms with Gasteiger partial charge in [0.1, 0.15) is 0 Å². The number of ketones is 2. The van der Waals surface area contributed by atoms with Gasteiger partial charge in [-0.3, -0.25) is 24.6 Å². The Morgan fingerprint density at radius 2 is 1.79 bits per heavy atom. The molecule has 10 nitrogen and oxygen atoms in total. The molecule has 1 aromatic heterocycles. The molecule has 0 amide bonds. The molecule has 1 N–H and O–H groups in total. The Labute approximate surface area is 192 Å². The molecule has 1 fully saturated rings. The van der Waals surface area contributed by atoms with Gasteiger partial charge in [0.05, 0.1) is 22.1 Å². The number of hydrogen-bond acceptors (Lipinski definition) is 7. The number of sulfonamides is 1. The molecule has 0 spiro atoms. The number of carbonyl (C=O) groups is 2. The largest absolute Gasteiger partial charge is 0.355 e. The second-order valence-corrected chi connectivity index (χ2v) is 10.1. The fraction of sp³-hybridized carbons (Fsp3) is 0.455. The third kappa shape index (κ3) is 4.90. The zero-order valence-corrected chi connectivity index (χ0v) is 20.0. The normalized spacial score (nSPS) is 15.5. The van der Waals surface area contributed by atoms with E-state index in [1.165, 1.54) is 23.4 Å². The van der Waals surface area contributed by atoms with Crippen molar-refractivity contribution in [2.24, 2.45) is 0 Å². The first-order chi connectivity index (χ1) is 15.5. The number of nitrogens with zero attached hydrogens (tertiary/aromatic N) is 3. The molecule has 1 aromatic carbocycles. The van der Waals surface area contributed by atoms with Crippen molar-refractivity contribution in [3.05, 3.63) is 56.4 Å². The summed E-state index contributed by atoms with van der Waals surface area (Å²) in [6.07, 6.45) is 0.551. The Bertz CT molecular complexity index is 1210. The summed E-state index contributed by atoms with van der Waals surface area (Å²) in [6, 6.07) is 3.80. The number of carbonyl (C=O) groups excluding carboxylic acids is 2. The summed E-state index contributed by atoms with van der Waals surface area (Å²) in [7, 11) is -3.90. The monoisotopic (exact) mass is 476 g/mol. The lowest BCUT2D eigenvalue weighted by atomic mass is 10.0. The number of benzene rings is 1. The molecule has 3 rings (SSSR count). The van der Waals surface area contributed by atoms with Crippen LogP contribution in [0, 0.1) is 24.0 Å². The van der Waals surface area contributed by atoms with Crippen molar-refractivity contribution in [2.75, 3.05) is 32.7 Å². The van der Waals surface area contributed by atoms with Crippen LogP contribution in [-0.2, 0) is 16.4 Å². The summed E-state index contributed by atoms with van der Waals surface area (Å²) in [6.45, 7) is 7.88. The Morgan fingerprint density at radius 1 is 1.15 bits per heavy atom. The zero-order valence-electron chi connectivity index (χ0n) is 19.2. The van der Waals surface area contributed by atoms with Crippen LogP contribution in [0.1, 0.15) is 51.5 Å². The van der Waals surface area contributed by atoms with E-state index < -0.39 is 14.9 Å². The number of nitrogens with one attached hydrogen (secondary N) is 1. The topological polar surface area (TPSA) is 134 Å². The summed E-state index contributed by atoms with van der Waals surface area (Å²) in [5.41, 5.74) is 2.54. The summed E-state index contributed by atoms with van der Waals surface area (Å²) in [4.78, 5) is 40.2. The van der Waals surface area contributed by atoms with E-state index in [1.807, 2.05) is 11.8 Å². The van der Waals surface area contributed by atoms with Gasteiger partial charge in [-0.1, -0.05) is 13.0 Å². The van der Waals surface area contributed by atoms with Gasteiger partial charge in [0.15, 0.2) is 11.6 Å². The van der Waals surface area contributed by atoms with Crippen molar-refractivity contribution in [1.29, 1.82) is 0 Å². The molecule has 2 aromatic rings. The molecular weight excluding hydrogens is 448 g/mol. The zero-order chi connectivity index (χ0) is 24.5. The lowest BCUT2D eigenvalue weighted by Crippen LogP contribution is -2.50. The van der Waals surface area contributed by atoms with Crippen LogP contribution < -0.4 is 0 Å². The highest BCUT2D eigenvalue weighted by molar-refractivity contribution is 7.89. The van der Waals surface area contributed by atoms with Gasteiger partial charge in [-0.15, -0.1) is 0 Å². The highest BCUT2D eigenvalue weighted by Crippen LogP contribution is 2.26. The van der Waals surface area contributed by atoms with E-state index in [-0.39, 0.29) is 41.8 Å². The van der Waals surface area contributed by atoms with E-state index in [1.54, 1.807) is 13.8 Å². The minimum absolute atomic E-state index is 0.0764. The number of nitro benzene ring substituents is 1. The minimum atomic E-state index is -3.90. The second kappa shape index (κ2) is 9.54. The van der Waals surface area contributed by atoms with Crippen LogP contribution in [0.5, 0.6) is 0 Å². The first-order valence-electron chi connectivity index (χ1n) is 10.7. The van der Waals surface area contributed by atoms with Gasteiger partial charge in [-0.05, 0) is 38.3 Å². The van der Waals surface area contributed by atoms with Gasteiger partial charge in [0, 0.05) is 49.6 Å². The van der Waals surface area contributed by atoms with Gasteiger partial charge in [-0.2, -0.15) is 4.31 Å². The number of Topliss-reactive ketones (excluding diaryl/α,β-unsaturated/α-hetero) is 2. The van der Waals surface area contributed by atoms with Gasteiger partial charge in [0.2, 0.25) is 10.0 Å². The smallest absolute Gasteiger partial charge is 0.270 e. The molecule has 0 radical (unpaired) electrons. The standard InChI is InChI=1S/C22H28N4O6S/c1-5-18-21(16(4)27)15(3)23-22(18)19(28)13-24-8-10-25(11-9-24)33(31,32)20-12-17(26(29)30)7-6-14(20)2/h6-7,12,23H,5,8-11,13H2,1-4H3. The van der Waals surface area contributed by atoms with Crippen molar-refractivity contribution < 1.29 is 22.9 Å². The molecule has 0 bridgehead atoms. The number of aryl methyl sites for hydroxylation is 2. The Morgan fingerprint density at radius 3 is 2.33 bits per heavy atom. The highest BCUT2D eigenvalue weighted by Gasteiger charge is 2.32. The number of H-pyrrole nitrogens is 1. The fourth-order valence-corrected chi connectivity index (χ4v) is 5.94. The maximum Gasteiger partial charge on any atom is 0.270 e. The highest BCUT2D eigenvalue weighted by atomic mass is 32.2. The van der Waals surface area contributed by atoms with E-state index in [0.717, 1.165) is 6.07 Å². The number of rotatable bonds is 8. The molecule has 0 atom stereocenters. The lowest BCUT2D eigenvalue weighted by molar-refractivity contribution is -0.385. The molecule has 0 saturated carbocycles. The fourth-order valence-electron chi connectivity index (χ4n) is 4.27. The van der Waals surface area contributed by atoms with Crippen LogP contribution in [0.4, 0.5) is 5.69 Å². The maximum atomic E-state index is 13.1. The second-order valence-electron chi connectivity index (χ2n) is 8.20. The predicted octanol–water partition coefficient (Wildman–Crippen LogP) is 2.49. The average molecular weight is 477 g/mol. The lowest BCUT2D eigenvalue weighted by Gasteiger charge is -2.33. The Kier molecular flexibility index (Phi) is 7.15. The number of nitro groups is 1. The van der Waals surface area contributed by atoms with Crippen LogP contribution in [0.2, 0.25) is 0 Å². The van der Waals surface area contributed by atoms with E-state index in [2.05, 4.69) is 4.98 Å². The number of piperazine rings is 1. The van der Waals surface area contributed by atoms with E-state index in [0.29, 0.717) is 47.6 Å². The number of aromatic amines is 1. The maximum absolute atomic E-state index is 13.1. The molecule has 2 heterocycles. The summed E-state index contributed by atoms with van der Waals surface area (Å²) in [5.74, 6) is -0.233. The molecule has 11 heteroatoms. The molecule has 33 heavy (non-hydrogen) atoms. The molecule has 178 valence electrons. The van der Waals surface area contributed by atoms with Crippen molar-refractivity contribution >= 4 is 27.3 Å². The van der Waals surface area contributed by atoms with Gasteiger partial charge >= 0.3 is 0 Å². The van der Waals surface area contributed by atoms with Gasteiger partial charge in [0.25, 0.3) is 5.69 Å². The van der Waals surface area contributed by atoms with Gasteiger partial charge in [-0.25, -0.2) is 8.42 Å². The van der Waals surface area contributed by atoms with Crippen LogP contribution in [-0.4, -0.2) is 71.8 Å². The molecule has 0 aliphatic carbocycles. The number of aromatic nitrogens is 1. The van der Waals surface area contributed by atoms with Gasteiger partial charge < -0.3 is 4.98 Å². The first-order valence-corrected chi connectivity index (χ1v) is 12.1. The summed E-state index contributed by atoms with van der Waals surface area (Å²) >= 11 is 0. The van der Waals surface area contributed by atoms with Crippen molar-refractivity contribution in [2.45, 2.75) is 39.0 Å². The van der Waals surface area contributed by atoms with Crippen LogP contribution >= 0.6 is 0 Å². The third-order valence-corrected chi connectivity index (χ3v) is 8.01. The number of non-ortho nitro benzene ring substituents is 1. The molecule has 0 unspecified atom stereocenters. The summed E-state index contributed by atoms with van der Waals surface area (Å²) < 4.78 is 27.5. The van der Waals surface area contributed by atoms with Crippen molar-refractivity contribution in [3.63, 3.8) is 0 Å². The Balaban J connectivity index is 1.71. The van der Waals surface area contributed by atoms with Crippen molar-refractivity contribution in [3.8, 4) is 0 Å². The van der Waals surface area contributed by atoms with Crippen LogP contribution in [0.3, 0.4) is 0 Å². The van der Waals surface area contributed by atoms with E-state index in [9.17, 15) is 28.1 Å². The Hall–Kier alpha value is -2.89. The quantitative estimate of drug-likeness (QED) is 0.351. The SMILES string of the molecule is CCc1c(C(=O)CN2CCN(S(=O)(=O)c3cc([N+](=O)[O-])ccc3C)CC2)[nH]c(C)c1C(C)=O. The van der Waals surface area contributed by atoms with Crippen LogP contribution in [0.15, 0.2) is 23.1 Å². The average Bonchev–Trinajstić information content (AvgIpc) is 3.10. The minimum Gasteiger partial charge on any atom is -0.355 e. The molecular formula is C22H28N4O6S. The third-order valence-electron chi connectivity index (χ3n) is 5.97. The first kappa shape index (κ1) is 24.7. The predicted molar refractivity (Wildman–Crippen MR) is 122 cm³/mol. The van der Waals surface area contributed by atoms with E-state index >= 15 is 0 Å². The molecule has 1 saturated heterocycles. The molecule has 1 aliphatic rings. The van der Waals surface area contributed by atoms with Crippen LogP contribution in [0.25, 0.3) is 0 Å².